The van der Waals surface area contributed by atoms with E-state index in [1.807, 2.05) is 91.0 Å². The number of aromatic amines is 1. The molecule has 0 atom stereocenters. The molecule has 0 aliphatic carbocycles. The Morgan fingerprint density at radius 3 is 2.25 bits per heavy atom. The van der Waals surface area contributed by atoms with E-state index >= 15 is 0 Å². The van der Waals surface area contributed by atoms with Crippen LogP contribution >= 0.6 is 0 Å². The first-order valence-corrected chi connectivity index (χ1v) is 10.3. The molecule has 0 fully saturated rings. The minimum absolute atomic E-state index is 0.229. The molecule has 1 heterocycles. The second-order valence-corrected chi connectivity index (χ2v) is 7.33. The predicted octanol–water partition coefficient (Wildman–Crippen LogP) is 5.81. The van der Waals surface area contributed by atoms with Crippen LogP contribution < -0.4 is 0 Å². The highest BCUT2D eigenvalue weighted by Crippen LogP contribution is 2.24. The van der Waals surface area contributed by atoms with E-state index in [1.54, 1.807) is 18.3 Å². The van der Waals surface area contributed by atoms with E-state index in [2.05, 4.69) is 20.2 Å². The Morgan fingerprint density at radius 1 is 0.781 bits per heavy atom. The smallest absolute Gasteiger partial charge is 0.138 e. The highest BCUT2D eigenvalue weighted by Gasteiger charge is 2.11. The first kappa shape index (κ1) is 19.5. The number of aromatic hydroxyl groups is 1. The molecule has 5 aromatic rings. The summed E-state index contributed by atoms with van der Waals surface area (Å²) in [7, 11) is 0. The highest BCUT2D eigenvalue weighted by atomic mass is 16.3. The number of phenols is 1. The van der Waals surface area contributed by atoms with Crippen molar-refractivity contribution in [3.05, 3.63) is 120 Å². The van der Waals surface area contributed by atoms with Gasteiger partial charge in [-0.2, -0.15) is 5.10 Å². The molecule has 2 N–H and O–H groups in total. The van der Waals surface area contributed by atoms with Crippen LogP contribution in [0.15, 0.2) is 113 Å². The summed E-state index contributed by atoms with van der Waals surface area (Å²) in [4.78, 5) is 8.05. The third-order valence-electron chi connectivity index (χ3n) is 5.11. The van der Waals surface area contributed by atoms with Crippen molar-refractivity contribution in [1.29, 1.82) is 0 Å². The summed E-state index contributed by atoms with van der Waals surface area (Å²) in [6.45, 7) is 0. The van der Waals surface area contributed by atoms with E-state index in [0.29, 0.717) is 0 Å². The first-order chi connectivity index (χ1) is 15.8. The molecule has 32 heavy (non-hydrogen) atoms. The number of nitrogens with one attached hydrogen (secondary N) is 1. The van der Waals surface area contributed by atoms with Crippen molar-refractivity contribution in [3.8, 4) is 17.1 Å². The van der Waals surface area contributed by atoms with E-state index in [4.69, 9.17) is 0 Å². The van der Waals surface area contributed by atoms with E-state index in [1.165, 1.54) is 0 Å². The molecule has 5 heteroatoms. The van der Waals surface area contributed by atoms with Crippen molar-refractivity contribution in [1.82, 2.24) is 9.97 Å². The van der Waals surface area contributed by atoms with E-state index < -0.39 is 0 Å². The Balaban J connectivity index is 1.54. The van der Waals surface area contributed by atoms with Gasteiger partial charge in [0.15, 0.2) is 0 Å². The lowest BCUT2D eigenvalue weighted by Gasteiger charge is -2.05. The van der Waals surface area contributed by atoms with Gasteiger partial charge < -0.3 is 10.1 Å². The SMILES string of the molecule is Oc1ccc(-c2nc3ccc(/C(=N\N=C\c4ccccc4)c4ccccc4)cc3[nH]2)cc1. The number of rotatable bonds is 5. The van der Waals surface area contributed by atoms with E-state index in [0.717, 1.165) is 44.8 Å². The normalized spacial score (nSPS) is 11.9. The summed E-state index contributed by atoms with van der Waals surface area (Å²) in [5.74, 6) is 0.976. The topological polar surface area (TPSA) is 73.6 Å². The fourth-order valence-corrected chi connectivity index (χ4v) is 3.48. The van der Waals surface area contributed by atoms with Gasteiger partial charge in [-0.3, -0.25) is 0 Å². The molecule has 0 unspecified atom stereocenters. The Labute approximate surface area is 185 Å². The third-order valence-corrected chi connectivity index (χ3v) is 5.11. The molecular formula is C27H20N4O. The van der Waals surface area contributed by atoms with Crippen molar-refractivity contribution in [3.63, 3.8) is 0 Å². The Hall–Kier alpha value is -4.51. The quantitative estimate of drug-likeness (QED) is 0.280. The fraction of sp³-hybridized carbons (Fsp3) is 0. The number of hydrogen-bond donors (Lipinski definition) is 2. The molecule has 0 amide bonds. The van der Waals surface area contributed by atoms with Gasteiger partial charge in [0, 0.05) is 16.7 Å². The zero-order chi connectivity index (χ0) is 21.8. The van der Waals surface area contributed by atoms with Crippen LogP contribution in [0.2, 0.25) is 0 Å². The van der Waals surface area contributed by atoms with Crippen LogP contribution in [0.1, 0.15) is 16.7 Å². The number of nitrogens with zero attached hydrogens (tertiary/aromatic N) is 3. The number of benzene rings is 4. The van der Waals surface area contributed by atoms with Gasteiger partial charge in [0.05, 0.1) is 17.2 Å². The van der Waals surface area contributed by atoms with Gasteiger partial charge in [0.2, 0.25) is 0 Å². The average molecular weight is 416 g/mol. The Bertz CT molecular complexity index is 1400. The Kier molecular flexibility index (Phi) is 5.29. The van der Waals surface area contributed by atoms with Crippen LogP contribution in [0.5, 0.6) is 5.75 Å². The molecule has 0 saturated heterocycles. The highest BCUT2D eigenvalue weighted by molar-refractivity contribution is 6.14. The molecule has 5 rings (SSSR count). The second-order valence-electron chi connectivity index (χ2n) is 7.33. The lowest BCUT2D eigenvalue weighted by molar-refractivity contribution is 0.475. The fourth-order valence-electron chi connectivity index (χ4n) is 3.48. The summed E-state index contributed by atoms with van der Waals surface area (Å²) in [6, 6.07) is 32.9. The van der Waals surface area contributed by atoms with Crippen LogP contribution in [0, 0.1) is 0 Å². The van der Waals surface area contributed by atoms with Gasteiger partial charge in [-0.25, -0.2) is 4.98 Å². The molecule has 0 aliphatic heterocycles. The molecule has 0 aliphatic rings. The number of aromatic nitrogens is 2. The molecule has 0 radical (unpaired) electrons. The molecule has 1 aromatic heterocycles. The molecule has 4 aromatic carbocycles. The van der Waals surface area contributed by atoms with Crippen molar-refractivity contribution in [2.75, 3.05) is 0 Å². The van der Waals surface area contributed by atoms with E-state index in [9.17, 15) is 5.11 Å². The maximum atomic E-state index is 9.54. The molecule has 154 valence electrons. The van der Waals surface area contributed by atoms with Crippen molar-refractivity contribution < 1.29 is 5.11 Å². The van der Waals surface area contributed by atoms with Crippen LogP contribution in [0.3, 0.4) is 0 Å². The van der Waals surface area contributed by atoms with Crippen LogP contribution in [0.4, 0.5) is 0 Å². The second kappa shape index (κ2) is 8.70. The molecule has 0 saturated carbocycles. The van der Waals surface area contributed by atoms with Crippen molar-refractivity contribution >= 4 is 23.0 Å². The third kappa shape index (κ3) is 4.18. The van der Waals surface area contributed by atoms with Crippen LogP contribution in [-0.2, 0) is 0 Å². The summed E-state index contributed by atoms with van der Waals surface area (Å²) in [6.07, 6.45) is 1.75. The zero-order valence-corrected chi connectivity index (χ0v) is 17.2. The van der Waals surface area contributed by atoms with Gasteiger partial charge in [0.25, 0.3) is 0 Å². The monoisotopic (exact) mass is 416 g/mol. The van der Waals surface area contributed by atoms with Gasteiger partial charge in [-0.1, -0.05) is 66.7 Å². The van der Waals surface area contributed by atoms with Crippen molar-refractivity contribution in [2.45, 2.75) is 0 Å². The molecule has 5 nitrogen and oxygen atoms in total. The summed E-state index contributed by atoms with van der Waals surface area (Å²) >= 11 is 0. The predicted molar refractivity (Wildman–Crippen MR) is 129 cm³/mol. The molecule has 0 bridgehead atoms. The lowest BCUT2D eigenvalue weighted by atomic mass is 10.0. The maximum absolute atomic E-state index is 9.54. The van der Waals surface area contributed by atoms with E-state index in [-0.39, 0.29) is 5.75 Å². The number of hydrogen-bond acceptors (Lipinski definition) is 4. The van der Waals surface area contributed by atoms with Crippen molar-refractivity contribution in [2.24, 2.45) is 10.2 Å². The number of fused-ring (bicyclic) bond motifs is 1. The minimum Gasteiger partial charge on any atom is -0.508 e. The summed E-state index contributed by atoms with van der Waals surface area (Å²) < 4.78 is 0. The summed E-state index contributed by atoms with van der Waals surface area (Å²) in [5.41, 5.74) is 6.36. The minimum atomic E-state index is 0.229. The lowest BCUT2D eigenvalue weighted by Crippen LogP contribution is -2.02. The Morgan fingerprint density at radius 2 is 1.50 bits per heavy atom. The standard InChI is InChI=1S/C27H20N4O/c32-23-14-11-21(12-15-23)27-29-24-16-13-22(17-25(24)30-27)26(20-9-5-2-6-10-20)31-28-18-19-7-3-1-4-8-19/h1-18,32H,(H,29,30)/b28-18+,31-26-. The number of H-pyrrole nitrogens is 1. The molecule has 0 spiro atoms. The maximum Gasteiger partial charge on any atom is 0.138 e. The van der Waals surface area contributed by atoms with Crippen LogP contribution in [0.25, 0.3) is 22.4 Å². The van der Waals surface area contributed by atoms with Gasteiger partial charge in [-0.15, -0.1) is 5.10 Å². The average Bonchev–Trinajstić information content (AvgIpc) is 3.27. The largest absolute Gasteiger partial charge is 0.508 e. The summed E-state index contributed by atoms with van der Waals surface area (Å²) in [5, 5.41) is 18.5. The first-order valence-electron chi connectivity index (χ1n) is 10.3. The van der Waals surface area contributed by atoms with Crippen LogP contribution in [-0.4, -0.2) is 27.0 Å². The van der Waals surface area contributed by atoms with Gasteiger partial charge >= 0.3 is 0 Å². The molecular weight excluding hydrogens is 396 g/mol. The van der Waals surface area contributed by atoms with Gasteiger partial charge in [-0.05, 0) is 42.0 Å². The number of imidazole rings is 1. The zero-order valence-electron chi connectivity index (χ0n) is 17.2. The number of phenolic OH excluding ortho intramolecular Hbond substituents is 1. The van der Waals surface area contributed by atoms with Gasteiger partial charge in [0.1, 0.15) is 17.3 Å².